The number of carbonyl (C=O) groups is 2. The molecular formula is C24H27N5O3S. The fraction of sp³-hybridized carbons (Fsp3) is 0.333. The molecule has 1 saturated heterocycles. The maximum Gasteiger partial charge on any atom is 0.317 e. The standard InChI is InChI=1S/C24H27N5O3S/c1-16-8-10-19(11-9-16)26-21(30)23-28-27-22(33-23)18-6-4-12-29(15-18)24(31)25-14-17-5-3-7-20(13-17)32-2/h3,5,7-11,13,18H,4,6,12,14-15H2,1-2H3,(H,25,31)(H,26,30). The lowest BCUT2D eigenvalue weighted by molar-refractivity contribution is 0.102. The number of rotatable bonds is 6. The zero-order valence-electron chi connectivity index (χ0n) is 18.7. The van der Waals surface area contributed by atoms with E-state index in [0.717, 1.165) is 40.4 Å². The van der Waals surface area contributed by atoms with Gasteiger partial charge < -0.3 is 20.3 Å². The molecule has 0 bridgehead atoms. The first kappa shape index (κ1) is 22.7. The second kappa shape index (κ2) is 10.4. The van der Waals surface area contributed by atoms with Crippen molar-refractivity contribution in [1.82, 2.24) is 20.4 Å². The molecule has 3 amide bonds. The van der Waals surface area contributed by atoms with Gasteiger partial charge in [-0.1, -0.05) is 41.2 Å². The number of hydrogen-bond acceptors (Lipinski definition) is 6. The van der Waals surface area contributed by atoms with Crippen LogP contribution in [0.25, 0.3) is 0 Å². The maximum atomic E-state index is 12.7. The average Bonchev–Trinajstić information content (AvgIpc) is 3.35. The Morgan fingerprint density at radius 1 is 1.18 bits per heavy atom. The summed E-state index contributed by atoms with van der Waals surface area (Å²) in [4.78, 5) is 27.1. The summed E-state index contributed by atoms with van der Waals surface area (Å²) >= 11 is 1.29. The highest BCUT2D eigenvalue weighted by molar-refractivity contribution is 7.13. The highest BCUT2D eigenvalue weighted by Gasteiger charge is 2.28. The molecule has 0 aliphatic carbocycles. The van der Waals surface area contributed by atoms with Crippen LogP contribution in [0.3, 0.4) is 0 Å². The molecule has 9 heteroatoms. The molecule has 4 rings (SSSR count). The van der Waals surface area contributed by atoms with Crippen LogP contribution in [0.5, 0.6) is 5.75 Å². The lowest BCUT2D eigenvalue weighted by atomic mass is 9.99. The highest BCUT2D eigenvalue weighted by atomic mass is 32.1. The molecule has 1 aliphatic rings. The van der Waals surface area contributed by atoms with E-state index in [-0.39, 0.29) is 17.9 Å². The minimum Gasteiger partial charge on any atom is -0.497 e. The smallest absolute Gasteiger partial charge is 0.317 e. The van der Waals surface area contributed by atoms with Crippen LogP contribution >= 0.6 is 11.3 Å². The SMILES string of the molecule is COc1cccc(CNC(=O)N2CCCC(c3nnc(C(=O)Nc4ccc(C)cc4)s3)C2)c1. The first-order valence-corrected chi connectivity index (χ1v) is 11.7. The van der Waals surface area contributed by atoms with Crippen molar-refractivity contribution in [2.75, 3.05) is 25.5 Å². The number of benzene rings is 2. The van der Waals surface area contributed by atoms with Crippen molar-refractivity contribution in [3.8, 4) is 5.75 Å². The third kappa shape index (κ3) is 5.87. The predicted molar refractivity (Wildman–Crippen MR) is 128 cm³/mol. The first-order valence-electron chi connectivity index (χ1n) is 10.9. The third-order valence-electron chi connectivity index (χ3n) is 5.58. The van der Waals surface area contributed by atoms with Crippen LogP contribution < -0.4 is 15.4 Å². The average molecular weight is 466 g/mol. The van der Waals surface area contributed by atoms with Gasteiger partial charge in [0.15, 0.2) is 0 Å². The highest BCUT2D eigenvalue weighted by Crippen LogP contribution is 2.29. The number of hydrogen-bond donors (Lipinski definition) is 2. The minimum atomic E-state index is -0.272. The number of amides is 3. The maximum absolute atomic E-state index is 12.7. The second-order valence-corrected chi connectivity index (χ2v) is 9.07. The largest absolute Gasteiger partial charge is 0.497 e. The molecule has 1 atom stereocenters. The molecule has 0 saturated carbocycles. The molecule has 1 fully saturated rings. The lowest BCUT2D eigenvalue weighted by Crippen LogP contribution is -2.44. The molecule has 8 nitrogen and oxygen atoms in total. The van der Waals surface area contributed by atoms with Crippen LogP contribution in [0.1, 0.15) is 44.7 Å². The van der Waals surface area contributed by atoms with E-state index < -0.39 is 0 Å². The Hall–Kier alpha value is -3.46. The molecule has 0 radical (unpaired) electrons. The number of aromatic nitrogens is 2. The van der Waals surface area contributed by atoms with E-state index >= 15 is 0 Å². The predicted octanol–water partition coefficient (Wildman–Crippen LogP) is 4.20. The fourth-order valence-corrected chi connectivity index (χ4v) is 4.61. The summed E-state index contributed by atoms with van der Waals surface area (Å²) in [7, 11) is 1.62. The van der Waals surface area contributed by atoms with Gasteiger partial charge in [-0.2, -0.15) is 0 Å². The summed E-state index contributed by atoms with van der Waals surface area (Å²) < 4.78 is 5.23. The van der Waals surface area contributed by atoms with Gasteiger partial charge in [-0.25, -0.2) is 4.79 Å². The number of likely N-dealkylation sites (tertiary alicyclic amines) is 1. The number of aryl methyl sites for hydroxylation is 1. The van der Waals surface area contributed by atoms with Crippen LogP contribution in [0.15, 0.2) is 48.5 Å². The summed E-state index contributed by atoms with van der Waals surface area (Å²) in [6, 6.07) is 15.1. The number of ether oxygens (including phenoxy) is 1. The number of piperidine rings is 1. The van der Waals surface area contributed by atoms with Crippen molar-refractivity contribution < 1.29 is 14.3 Å². The van der Waals surface area contributed by atoms with E-state index in [4.69, 9.17) is 4.74 Å². The van der Waals surface area contributed by atoms with Gasteiger partial charge in [-0.05, 0) is 49.6 Å². The number of nitrogens with one attached hydrogen (secondary N) is 2. The van der Waals surface area contributed by atoms with Crippen LogP contribution in [-0.4, -0.2) is 47.2 Å². The molecule has 0 spiro atoms. The summed E-state index contributed by atoms with van der Waals surface area (Å²) in [5.41, 5.74) is 2.82. The van der Waals surface area contributed by atoms with Crippen molar-refractivity contribution in [3.05, 3.63) is 69.7 Å². The molecule has 2 aromatic carbocycles. The Morgan fingerprint density at radius 3 is 2.79 bits per heavy atom. The van der Waals surface area contributed by atoms with Crippen molar-refractivity contribution >= 4 is 29.0 Å². The monoisotopic (exact) mass is 465 g/mol. The van der Waals surface area contributed by atoms with Crippen molar-refractivity contribution in [2.24, 2.45) is 0 Å². The summed E-state index contributed by atoms with van der Waals surface area (Å²) in [5, 5.41) is 15.3. The summed E-state index contributed by atoms with van der Waals surface area (Å²) in [5.74, 6) is 0.560. The van der Waals surface area contributed by atoms with E-state index in [2.05, 4.69) is 20.8 Å². The lowest BCUT2D eigenvalue weighted by Gasteiger charge is -2.31. The summed E-state index contributed by atoms with van der Waals surface area (Å²) in [6.07, 6.45) is 1.79. The molecule has 33 heavy (non-hydrogen) atoms. The van der Waals surface area contributed by atoms with E-state index in [1.54, 1.807) is 7.11 Å². The van der Waals surface area contributed by atoms with E-state index in [1.165, 1.54) is 11.3 Å². The number of methoxy groups -OCH3 is 1. The Kier molecular flexibility index (Phi) is 7.19. The number of urea groups is 1. The van der Waals surface area contributed by atoms with Crippen LogP contribution in [-0.2, 0) is 6.54 Å². The second-order valence-electron chi connectivity index (χ2n) is 8.06. The normalized spacial score (nSPS) is 15.7. The Balaban J connectivity index is 1.33. The van der Waals surface area contributed by atoms with Gasteiger partial charge in [0.2, 0.25) is 5.01 Å². The van der Waals surface area contributed by atoms with Crippen molar-refractivity contribution in [1.29, 1.82) is 0 Å². The van der Waals surface area contributed by atoms with Gasteiger partial charge in [0.25, 0.3) is 5.91 Å². The van der Waals surface area contributed by atoms with Crippen molar-refractivity contribution in [2.45, 2.75) is 32.2 Å². The van der Waals surface area contributed by atoms with Crippen LogP contribution in [0.4, 0.5) is 10.5 Å². The van der Waals surface area contributed by atoms with Gasteiger partial charge >= 0.3 is 6.03 Å². The minimum absolute atomic E-state index is 0.0692. The van der Waals surface area contributed by atoms with Gasteiger partial charge in [0, 0.05) is 31.2 Å². The van der Waals surface area contributed by atoms with Gasteiger partial charge in [0.05, 0.1) is 7.11 Å². The summed E-state index contributed by atoms with van der Waals surface area (Å²) in [6.45, 7) is 3.67. The van der Waals surface area contributed by atoms with Crippen LogP contribution in [0.2, 0.25) is 0 Å². The van der Waals surface area contributed by atoms with Crippen molar-refractivity contribution in [3.63, 3.8) is 0 Å². The van der Waals surface area contributed by atoms with E-state index in [1.807, 2.05) is 60.4 Å². The third-order valence-corrected chi connectivity index (χ3v) is 6.66. The Bertz CT molecular complexity index is 1120. The van der Waals surface area contributed by atoms with E-state index in [0.29, 0.717) is 24.6 Å². The number of carbonyl (C=O) groups excluding carboxylic acids is 2. The quantitative estimate of drug-likeness (QED) is 0.569. The van der Waals surface area contributed by atoms with E-state index in [9.17, 15) is 9.59 Å². The first-order chi connectivity index (χ1) is 16.0. The number of anilines is 1. The van der Waals surface area contributed by atoms with Gasteiger partial charge in [-0.15, -0.1) is 10.2 Å². The molecule has 1 aliphatic heterocycles. The Morgan fingerprint density at radius 2 is 2.00 bits per heavy atom. The fourth-order valence-electron chi connectivity index (χ4n) is 3.75. The molecule has 2 heterocycles. The number of nitrogens with zero attached hydrogens (tertiary/aromatic N) is 3. The zero-order chi connectivity index (χ0) is 23.2. The zero-order valence-corrected chi connectivity index (χ0v) is 19.5. The molecule has 172 valence electrons. The molecular weight excluding hydrogens is 438 g/mol. The molecule has 1 aromatic heterocycles. The molecule has 3 aromatic rings. The molecule has 1 unspecified atom stereocenters. The Labute approximate surface area is 197 Å². The molecule has 2 N–H and O–H groups in total. The van der Waals surface area contributed by atoms with Crippen LogP contribution in [0, 0.1) is 6.92 Å². The van der Waals surface area contributed by atoms with Gasteiger partial charge in [0.1, 0.15) is 10.8 Å². The topological polar surface area (TPSA) is 96.4 Å². The van der Waals surface area contributed by atoms with Gasteiger partial charge in [-0.3, -0.25) is 4.79 Å².